The van der Waals surface area contributed by atoms with Gasteiger partial charge in [0.05, 0.1) is 4.92 Å². The maximum Gasteiger partial charge on any atom is 0.274 e. The Balaban J connectivity index is 1.94. The van der Waals surface area contributed by atoms with Crippen molar-refractivity contribution in [2.24, 2.45) is 0 Å². The van der Waals surface area contributed by atoms with Crippen LogP contribution in [-0.4, -0.2) is 14.9 Å². The Hall–Kier alpha value is -2.96. The Bertz CT molecular complexity index is 556. The molecule has 0 radical (unpaired) electrons. The van der Waals surface area contributed by atoms with E-state index in [-0.39, 0.29) is 0 Å². The number of rotatable bonds is 7. The summed E-state index contributed by atoms with van der Waals surface area (Å²) in [6.07, 6.45) is 7.68. The molecule has 0 atom stereocenters. The van der Waals surface area contributed by atoms with Crippen LogP contribution in [0.2, 0.25) is 0 Å². The molecule has 0 aliphatic heterocycles. The first-order chi connectivity index (χ1) is 10.2. The fraction of sp³-hybridized carbons (Fsp3) is 0.143. The lowest BCUT2D eigenvalue weighted by molar-refractivity contribution is -0.404. The summed E-state index contributed by atoms with van der Waals surface area (Å²) in [5.74, 6) is 0.340. The van der Waals surface area contributed by atoms with Gasteiger partial charge < -0.3 is 10.6 Å². The van der Waals surface area contributed by atoms with E-state index >= 15 is 0 Å². The zero-order valence-corrected chi connectivity index (χ0v) is 11.3. The maximum absolute atomic E-state index is 10.7. The molecule has 21 heavy (non-hydrogen) atoms. The fourth-order valence-corrected chi connectivity index (χ4v) is 1.66. The molecule has 0 aliphatic rings. The van der Waals surface area contributed by atoms with Crippen molar-refractivity contribution in [2.45, 2.75) is 13.1 Å². The topological polar surface area (TPSA) is 93.0 Å². The summed E-state index contributed by atoms with van der Waals surface area (Å²) in [6, 6.07) is 7.42. The second-order valence-electron chi connectivity index (χ2n) is 4.26. The van der Waals surface area contributed by atoms with E-state index in [1.807, 2.05) is 24.3 Å². The van der Waals surface area contributed by atoms with E-state index in [0.29, 0.717) is 18.9 Å². The van der Waals surface area contributed by atoms with Gasteiger partial charge >= 0.3 is 0 Å². The molecule has 0 unspecified atom stereocenters. The smallest absolute Gasteiger partial charge is 0.274 e. The highest BCUT2D eigenvalue weighted by atomic mass is 16.6. The molecular weight excluding hydrogens is 270 g/mol. The van der Waals surface area contributed by atoms with Crippen LogP contribution in [0.15, 0.2) is 61.1 Å². The molecule has 2 aromatic heterocycles. The molecule has 0 spiro atoms. The lowest BCUT2D eigenvalue weighted by atomic mass is 10.3. The normalized spacial score (nSPS) is 9.71. The lowest BCUT2D eigenvalue weighted by Crippen LogP contribution is -2.26. The minimum Gasteiger partial charge on any atom is -0.363 e. The number of nitrogens with zero attached hydrogens (tertiary/aromatic N) is 3. The highest BCUT2D eigenvalue weighted by Crippen LogP contribution is 1.99. The Morgan fingerprint density at radius 2 is 1.62 bits per heavy atom. The van der Waals surface area contributed by atoms with E-state index in [1.54, 1.807) is 24.8 Å². The van der Waals surface area contributed by atoms with Gasteiger partial charge in [-0.15, -0.1) is 0 Å². The van der Waals surface area contributed by atoms with Gasteiger partial charge in [0.2, 0.25) is 0 Å². The van der Waals surface area contributed by atoms with E-state index < -0.39 is 4.92 Å². The Labute approximate surface area is 121 Å². The molecular formula is C14H15N5O2. The van der Waals surface area contributed by atoms with E-state index in [0.717, 1.165) is 17.3 Å². The van der Waals surface area contributed by atoms with Gasteiger partial charge in [0.25, 0.3) is 6.20 Å². The zero-order valence-electron chi connectivity index (χ0n) is 11.3. The number of hydrogen-bond donors (Lipinski definition) is 2. The SMILES string of the molecule is O=[N+]([O-])C=C(NCc1cccnc1)NCc1cccnc1. The third kappa shape index (κ3) is 5.27. The third-order valence-electron chi connectivity index (χ3n) is 2.65. The predicted molar refractivity (Wildman–Crippen MR) is 77.2 cm³/mol. The van der Waals surface area contributed by atoms with Gasteiger partial charge in [0.15, 0.2) is 5.82 Å². The van der Waals surface area contributed by atoms with Gasteiger partial charge in [-0.2, -0.15) is 0 Å². The first-order valence-electron chi connectivity index (χ1n) is 6.35. The summed E-state index contributed by atoms with van der Waals surface area (Å²) in [5, 5.41) is 16.6. The Morgan fingerprint density at radius 1 is 1.10 bits per heavy atom. The van der Waals surface area contributed by atoms with Crippen LogP contribution < -0.4 is 10.6 Å². The standard InChI is InChI=1S/C14H15N5O2/c20-19(21)11-14(17-9-12-3-1-5-15-7-12)18-10-13-4-2-6-16-8-13/h1-8,11,17-18H,9-10H2. The number of aromatic nitrogens is 2. The minimum absolute atomic E-state index is 0.340. The molecule has 0 fully saturated rings. The number of nitro groups is 1. The van der Waals surface area contributed by atoms with Crippen molar-refractivity contribution in [3.8, 4) is 0 Å². The molecule has 0 aromatic carbocycles. The molecule has 7 heteroatoms. The van der Waals surface area contributed by atoms with Crippen molar-refractivity contribution in [1.29, 1.82) is 0 Å². The van der Waals surface area contributed by atoms with Crippen molar-refractivity contribution < 1.29 is 4.92 Å². The maximum atomic E-state index is 10.7. The molecule has 0 amide bonds. The molecule has 0 saturated heterocycles. The molecule has 2 heterocycles. The lowest BCUT2D eigenvalue weighted by Gasteiger charge is -2.11. The van der Waals surface area contributed by atoms with Crippen molar-refractivity contribution >= 4 is 0 Å². The highest BCUT2D eigenvalue weighted by molar-refractivity contribution is 5.11. The van der Waals surface area contributed by atoms with E-state index in [2.05, 4.69) is 20.6 Å². The van der Waals surface area contributed by atoms with E-state index in [9.17, 15) is 10.1 Å². The molecule has 7 nitrogen and oxygen atoms in total. The van der Waals surface area contributed by atoms with Gasteiger partial charge in [0, 0.05) is 37.9 Å². The van der Waals surface area contributed by atoms with Gasteiger partial charge in [-0.3, -0.25) is 20.1 Å². The molecule has 2 N–H and O–H groups in total. The number of nitrogens with one attached hydrogen (secondary N) is 2. The van der Waals surface area contributed by atoms with Crippen LogP contribution in [0.5, 0.6) is 0 Å². The average Bonchev–Trinajstić information content (AvgIpc) is 2.51. The minimum atomic E-state index is -0.498. The number of hydrogen-bond acceptors (Lipinski definition) is 6. The summed E-state index contributed by atoms with van der Waals surface area (Å²) in [4.78, 5) is 18.1. The van der Waals surface area contributed by atoms with Crippen LogP contribution in [-0.2, 0) is 13.1 Å². The zero-order chi connectivity index (χ0) is 14.9. The largest absolute Gasteiger partial charge is 0.363 e. The van der Waals surface area contributed by atoms with Crippen molar-refractivity contribution in [2.75, 3.05) is 0 Å². The van der Waals surface area contributed by atoms with Gasteiger partial charge in [-0.05, 0) is 23.3 Å². The average molecular weight is 285 g/mol. The summed E-state index contributed by atoms with van der Waals surface area (Å²) in [5.41, 5.74) is 1.88. The summed E-state index contributed by atoms with van der Waals surface area (Å²) >= 11 is 0. The molecule has 0 bridgehead atoms. The van der Waals surface area contributed by atoms with Crippen LogP contribution in [0.4, 0.5) is 0 Å². The van der Waals surface area contributed by atoms with Crippen LogP contribution >= 0.6 is 0 Å². The van der Waals surface area contributed by atoms with E-state index in [1.165, 1.54) is 0 Å². The fourth-order valence-electron chi connectivity index (χ4n) is 1.66. The molecule has 0 aliphatic carbocycles. The van der Waals surface area contributed by atoms with Crippen LogP contribution in [0, 0.1) is 10.1 Å². The second kappa shape index (κ2) is 7.59. The van der Waals surface area contributed by atoms with Crippen LogP contribution in [0.1, 0.15) is 11.1 Å². The van der Waals surface area contributed by atoms with Crippen LogP contribution in [0.25, 0.3) is 0 Å². The van der Waals surface area contributed by atoms with E-state index in [4.69, 9.17) is 0 Å². The number of pyridine rings is 2. The molecule has 108 valence electrons. The summed E-state index contributed by atoms with van der Waals surface area (Å²) in [6.45, 7) is 0.904. The first-order valence-corrected chi connectivity index (χ1v) is 6.35. The second-order valence-corrected chi connectivity index (χ2v) is 4.26. The van der Waals surface area contributed by atoms with Gasteiger partial charge in [0.1, 0.15) is 0 Å². The van der Waals surface area contributed by atoms with Crippen molar-refractivity contribution in [1.82, 2.24) is 20.6 Å². The monoisotopic (exact) mass is 285 g/mol. The Morgan fingerprint density at radius 3 is 2.00 bits per heavy atom. The molecule has 2 rings (SSSR count). The van der Waals surface area contributed by atoms with Gasteiger partial charge in [-0.25, -0.2) is 0 Å². The van der Waals surface area contributed by atoms with Crippen LogP contribution in [0.3, 0.4) is 0 Å². The predicted octanol–water partition coefficient (Wildman–Crippen LogP) is 1.43. The van der Waals surface area contributed by atoms with Crippen molar-refractivity contribution in [3.05, 3.63) is 82.3 Å². The summed E-state index contributed by atoms with van der Waals surface area (Å²) < 4.78 is 0. The van der Waals surface area contributed by atoms with Crippen molar-refractivity contribution in [3.63, 3.8) is 0 Å². The highest BCUT2D eigenvalue weighted by Gasteiger charge is 2.03. The first kappa shape index (κ1) is 14.4. The Kier molecular flexibility index (Phi) is 5.22. The third-order valence-corrected chi connectivity index (χ3v) is 2.65. The van der Waals surface area contributed by atoms with Gasteiger partial charge in [-0.1, -0.05) is 12.1 Å². The summed E-state index contributed by atoms with van der Waals surface area (Å²) in [7, 11) is 0. The molecule has 2 aromatic rings. The quantitative estimate of drug-likeness (QED) is 0.590. The molecule has 0 saturated carbocycles.